The molecule has 1 aliphatic carbocycles. The van der Waals surface area contributed by atoms with Gasteiger partial charge in [-0.1, -0.05) is 5.16 Å². The number of hydrogen-bond donors (Lipinski definition) is 0. The lowest BCUT2D eigenvalue weighted by Crippen LogP contribution is -2.08. The molecule has 0 bridgehead atoms. The number of aromatic nitrogens is 2. The Balaban J connectivity index is 1.70. The molecular weight excluding hydrogens is 242 g/mol. The SMILES string of the molecule is N#CC1CC1c1nc(C2CSCCS2)no1. The van der Waals surface area contributed by atoms with Crippen molar-refractivity contribution in [2.45, 2.75) is 17.6 Å². The van der Waals surface area contributed by atoms with E-state index in [1.807, 2.05) is 23.5 Å². The highest BCUT2D eigenvalue weighted by Crippen LogP contribution is 2.46. The van der Waals surface area contributed by atoms with Crippen molar-refractivity contribution in [3.8, 4) is 6.07 Å². The molecule has 1 aliphatic heterocycles. The number of rotatable bonds is 2. The molecule has 6 heteroatoms. The van der Waals surface area contributed by atoms with E-state index < -0.39 is 0 Å². The number of hydrogen-bond acceptors (Lipinski definition) is 6. The minimum Gasteiger partial charge on any atom is -0.339 e. The predicted molar refractivity (Wildman–Crippen MR) is 63.3 cm³/mol. The summed E-state index contributed by atoms with van der Waals surface area (Å²) in [6, 6.07) is 2.24. The van der Waals surface area contributed by atoms with Gasteiger partial charge in [0, 0.05) is 17.3 Å². The van der Waals surface area contributed by atoms with Gasteiger partial charge in [0.15, 0.2) is 5.82 Å². The molecule has 0 spiro atoms. The monoisotopic (exact) mass is 253 g/mol. The Kier molecular flexibility index (Phi) is 2.82. The lowest BCUT2D eigenvalue weighted by Gasteiger charge is -2.16. The molecule has 16 heavy (non-hydrogen) atoms. The lowest BCUT2D eigenvalue weighted by molar-refractivity contribution is 0.372. The Morgan fingerprint density at radius 1 is 1.44 bits per heavy atom. The summed E-state index contributed by atoms with van der Waals surface area (Å²) >= 11 is 3.84. The summed E-state index contributed by atoms with van der Waals surface area (Å²) in [5.74, 6) is 5.22. The van der Waals surface area contributed by atoms with Gasteiger partial charge < -0.3 is 4.52 Å². The van der Waals surface area contributed by atoms with Gasteiger partial charge in [0.2, 0.25) is 5.89 Å². The molecule has 1 saturated carbocycles. The summed E-state index contributed by atoms with van der Waals surface area (Å²) in [5.41, 5.74) is 0. The second-order valence-corrected chi connectivity index (χ2v) is 6.46. The highest BCUT2D eigenvalue weighted by atomic mass is 32.2. The van der Waals surface area contributed by atoms with Gasteiger partial charge >= 0.3 is 0 Å². The first-order valence-electron chi connectivity index (χ1n) is 5.31. The zero-order chi connectivity index (χ0) is 11.0. The van der Waals surface area contributed by atoms with Gasteiger partial charge in [0.05, 0.1) is 23.2 Å². The van der Waals surface area contributed by atoms with E-state index in [4.69, 9.17) is 9.78 Å². The van der Waals surface area contributed by atoms with E-state index in [0.29, 0.717) is 11.1 Å². The maximum atomic E-state index is 8.75. The minimum absolute atomic E-state index is 0.0988. The summed E-state index contributed by atoms with van der Waals surface area (Å²) in [4.78, 5) is 4.43. The van der Waals surface area contributed by atoms with E-state index >= 15 is 0 Å². The van der Waals surface area contributed by atoms with Crippen molar-refractivity contribution in [3.05, 3.63) is 11.7 Å². The van der Waals surface area contributed by atoms with Crippen LogP contribution in [0.5, 0.6) is 0 Å². The van der Waals surface area contributed by atoms with Crippen LogP contribution < -0.4 is 0 Å². The average Bonchev–Trinajstić information content (AvgIpc) is 2.98. The number of nitrogens with zero attached hydrogens (tertiary/aromatic N) is 3. The van der Waals surface area contributed by atoms with Crippen LogP contribution in [0.4, 0.5) is 0 Å². The van der Waals surface area contributed by atoms with Crippen LogP contribution in [0.25, 0.3) is 0 Å². The van der Waals surface area contributed by atoms with Crippen molar-refractivity contribution in [1.29, 1.82) is 5.26 Å². The molecule has 3 rings (SSSR count). The molecule has 84 valence electrons. The third-order valence-corrected chi connectivity index (χ3v) is 5.59. The smallest absolute Gasteiger partial charge is 0.231 e. The predicted octanol–water partition coefficient (Wildman–Crippen LogP) is 2.22. The van der Waals surface area contributed by atoms with E-state index in [-0.39, 0.29) is 11.8 Å². The Morgan fingerprint density at radius 2 is 2.38 bits per heavy atom. The fraction of sp³-hybridized carbons (Fsp3) is 0.700. The van der Waals surface area contributed by atoms with Crippen molar-refractivity contribution >= 4 is 23.5 Å². The van der Waals surface area contributed by atoms with Gasteiger partial charge in [-0.05, 0) is 6.42 Å². The van der Waals surface area contributed by atoms with Gasteiger partial charge in [-0.2, -0.15) is 22.0 Å². The van der Waals surface area contributed by atoms with E-state index in [1.54, 1.807) is 0 Å². The van der Waals surface area contributed by atoms with Crippen molar-refractivity contribution < 1.29 is 4.52 Å². The van der Waals surface area contributed by atoms with E-state index in [2.05, 4.69) is 16.2 Å². The third kappa shape index (κ3) is 1.94. The second kappa shape index (κ2) is 4.30. The Bertz CT molecular complexity index is 422. The molecule has 1 saturated heterocycles. The van der Waals surface area contributed by atoms with E-state index in [9.17, 15) is 0 Å². The van der Waals surface area contributed by atoms with Crippen LogP contribution in [-0.4, -0.2) is 27.4 Å². The molecule has 0 radical (unpaired) electrons. The molecule has 2 fully saturated rings. The normalized spacial score (nSPS) is 33.3. The average molecular weight is 253 g/mol. The lowest BCUT2D eigenvalue weighted by atomic mass is 10.3. The minimum atomic E-state index is 0.0988. The van der Waals surface area contributed by atoms with Gasteiger partial charge in [-0.3, -0.25) is 0 Å². The maximum Gasteiger partial charge on any atom is 0.231 e. The number of nitriles is 1. The molecule has 4 nitrogen and oxygen atoms in total. The summed E-state index contributed by atoms with van der Waals surface area (Å²) < 4.78 is 5.24. The van der Waals surface area contributed by atoms with Gasteiger partial charge in [-0.25, -0.2) is 0 Å². The molecule has 0 N–H and O–H groups in total. The van der Waals surface area contributed by atoms with E-state index in [1.165, 1.54) is 5.75 Å². The fourth-order valence-corrected chi connectivity index (χ4v) is 4.37. The van der Waals surface area contributed by atoms with Crippen LogP contribution in [0.2, 0.25) is 0 Å². The fourth-order valence-electron chi connectivity index (χ4n) is 1.78. The summed E-state index contributed by atoms with van der Waals surface area (Å²) in [6.45, 7) is 0. The molecule has 1 aromatic heterocycles. The highest BCUT2D eigenvalue weighted by Gasteiger charge is 2.43. The molecule has 3 atom stereocenters. The molecule has 0 amide bonds. The van der Waals surface area contributed by atoms with Gasteiger partial charge in [0.1, 0.15) is 0 Å². The summed E-state index contributed by atoms with van der Waals surface area (Å²) in [5, 5.41) is 13.2. The zero-order valence-corrected chi connectivity index (χ0v) is 10.3. The molecule has 3 unspecified atom stereocenters. The Hall–Kier alpha value is -0.670. The maximum absolute atomic E-state index is 8.75. The first kappa shape index (κ1) is 10.5. The van der Waals surface area contributed by atoms with Crippen LogP contribution in [0.1, 0.15) is 29.3 Å². The molecule has 2 aliphatic rings. The van der Waals surface area contributed by atoms with Crippen LogP contribution in [0.15, 0.2) is 4.52 Å². The first-order chi connectivity index (χ1) is 7.88. The highest BCUT2D eigenvalue weighted by molar-refractivity contribution is 8.06. The first-order valence-corrected chi connectivity index (χ1v) is 7.51. The summed E-state index contributed by atoms with van der Waals surface area (Å²) in [6.07, 6.45) is 0.880. The Labute approximate surface area is 102 Å². The van der Waals surface area contributed by atoms with Crippen molar-refractivity contribution in [2.75, 3.05) is 17.3 Å². The molecule has 2 heterocycles. The Morgan fingerprint density at radius 3 is 3.06 bits per heavy atom. The zero-order valence-electron chi connectivity index (χ0n) is 8.63. The van der Waals surface area contributed by atoms with Crippen molar-refractivity contribution in [2.24, 2.45) is 5.92 Å². The van der Waals surface area contributed by atoms with Crippen LogP contribution in [0.3, 0.4) is 0 Å². The van der Waals surface area contributed by atoms with Gasteiger partial charge in [0.25, 0.3) is 0 Å². The van der Waals surface area contributed by atoms with Crippen molar-refractivity contribution in [1.82, 2.24) is 10.1 Å². The van der Waals surface area contributed by atoms with Gasteiger partial charge in [-0.15, -0.1) is 11.8 Å². The molecular formula is C10H11N3OS2. The van der Waals surface area contributed by atoms with Crippen molar-refractivity contribution in [3.63, 3.8) is 0 Å². The van der Waals surface area contributed by atoms with Crippen LogP contribution >= 0.6 is 23.5 Å². The second-order valence-electron chi connectivity index (χ2n) is 4.00. The molecule has 1 aromatic rings. The van der Waals surface area contributed by atoms with Crippen LogP contribution in [-0.2, 0) is 0 Å². The summed E-state index contributed by atoms with van der Waals surface area (Å²) in [7, 11) is 0. The van der Waals surface area contributed by atoms with Crippen LogP contribution in [0, 0.1) is 17.2 Å². The van der Waals surface area contributed by atoms with E-state index in [0.717, 1.165) is 23.8 Å². The molecule has 0 aromatic carbocycles. The largest absolute Gasteiger partial charge is 0.339 e. The third-order valence-electron chi connectivity index (χ3n) is 2.83. The quantitative estimate of drug-likeness (QED) is 0.805. The standard InChI is InChI=1S/C10H11N3OS2/c11-4-6-3-7(6)10-12-9(13-14-10)8-5-15-1-2-16-8/h6-8H,1-3,5H2. The topological polar surface area (TPSA) is 62.7 Å². The number of thioether (sulfide) groups is 2.